The van der Waals surface area contributed by atoms with E-state index in [1.807, 2.05) is 31.9 Å². The molecule has 0 saturated carbocycles. The van der Waals surface area contributed by atoms with Gasteiger partial charge < -0.3 is 9.94 Å². The number of nitrogens with zero attached hydrogens (tertiary/aromatic N) is 3. The van der Waals surface area contributed by atoms with E-state index in [9.17, 15) is 14.8 Å². The normalized spacial score (nSPS) is 26.9. The lowest BCUT2D eigenvalue weighted by atomic mass is 9.78. The number of esters is 1. The molecule has 2 unspecified atom stereocenters. The maximum absolute atomic E-state index is 13.8. The van der Waals surface area contributed by atoms with Gasteiger partial charge in [-0.1, -0.05) is 43.4 Å². The molecule has 0 spiro atoms. The molecule has 1 aliphatic carbocycles. The Bertz CT molecular complexity index is 927. The van der Waals surface area contributed by atoms with Gasteiger partial charge in [-0.15, -0.1) is 0 Å². The van der Waals surface area contributed by atoms with Crippen LogP contribution in [0.2, 0.25) is 0 Å². The number of likely N-dealkylation sites (N-methyl/N-ethyl adjacent to an activating group) is 1. The molecule has 0 N–H and O–H groups in total. The highest BCUT2D eigenvalue weighted by molar-refractivity contribution is 7.17. The molecule has 0 bridgehead atoms. The van der Waals surface area contributed by atoms with Gasteiger partial charge in [0.15, 0.2) is 5.78 Å². The number of thiazole rings is 1. The second kappa shape index (κ2) is 6.73. The number of fused-ring (bicyclic) bond motifs is 1. The summed E-state index contributed by atoms with van der Waals surface area (Å²) in [5.41, 5.74) is 0.931. The number of carbonyl (C=O) groups is 2. The summed E-state index contributed by atoms with van der Waals surface area (Å²) >= 11 is 1.15. The Morgan fingerprint density at radius 2 is 2.04 bits per heavy atom. The zero-order valence-electron chi connectivity index (χ0n) is 16.2. The highest BCUT2D eigenvalue weighted by Gasteiger charge is 2.46. The van der Waals surface area contributed by atoms with Crippen molar-refractivity contribution in [2.75, 3.05) is 20.3 Å². The SMILES string of the molecule is CN1CC(OC(=O)c2ccccc2)[N+]([O-])(c2nc3c(s2)C(=O)CC(C)(C)C3)C1. The van der Waals surface area contributed by atoms with E-state index in [1.54, 1.807) is 24.3 Å². The van der Waals surface area contributed by atoms with Crippen LogP contribution in [0.1, 0.15) is 46.0 Å². The standard InChI is InChI=1S/C20H23N3O4S/c1-20(2)9-14-17(15(24)10-20)28-19(21-14)23(26)12-22(3)11-16(23)27-18(25)13-7-5-4-6-8-13/h4-8,16H,9-12H2,1-3H3. The number of carbonyl (C=O) groups excluding carboxylic acids is 2. The fourth-order valence-electron chi connectivity index (χ4n) is 3.85. The molecule has 0 radical (unpaired) electrons. The molecular weight excluding hydrogens is 378 g/mol. The molecule has 2 aliphatic rings. The van der Waals surface area contributed by atoms with E-state index in [0.29, 0.717) is 35.5 Å². The van der Waals surface area contributed by atoms with E-state index in [0.717, 1.165) is 11.3 Å². The summed E-state index contributed by atoms with van der Waals surface area (Å²) in [5.74, 6) is -0.496. The van der Waals surface area contributed by atoms with Gasteiger partial charge in [-0.3, -0.25) is 9.44 Å². The molecule has 148 valence electrons. The summed E-state index contributed by atoms with van der Waals surface area (Å²) in [6.07, 6.45) is 0.190. The van der Waals surface area contributed by atoms with Crippen molar-refractivity contribution >= 4 is 28.2 Å². The van der Waals surface area contributed by atoms with Gasteiger partial charge >= 0.3 is 5.97 Å². The first-order valence-electron chi connectivity index (χ1n) is 9.25. The van der Waals surface area contributed by atoms with Gasteiger partial charge in [-0.05, 0) is 31.0 Å². The van der Waals surface area contributed by atoms with E-state index in [-0.39, 0.29) is 23.0 Å². The maximum Gasteiger partial charge on any atom is 0.342 e. The van der Waals surface area contributed by atoms with Crippen LogP contribution in [0.4, 0.5) is 5.13 Å². The molecule has 2 aromatic rings. The fourth-order valence-corrected chi connectivity index (χ4v) is 4.94. The number of ether oxygens (including phenoxy) is 1. The van der Waals surface area contributed by atoms with Crippen molar-refractivity contribution in [2.24, 2.45) is 5.41 Å². The lowest BCUT2D eigenvalue weighted by molar-refractivity contribution is 0.00568. The molecule has 8 heteroatoms. The molecule has 4 rings (SSSR count). The summed E-state index contributed by atoms with van der Waals surface area (Å²) in [5, 5.41) is 14.0. The molecule has 1 fully saturated rings. The number of benzene rings is 1. The number of hydrogen-bond donors (Lipinski definition) is 0. The average molecular weight is 401 g/mol. The van der Waals surface area contributed by atoms with E-state index >= 15 is 0 Å². The molecule has 1 saturated heterocycles. The summed E-state index contributed by atoms with van der Waals surface area (Å²) in [4.78, 5) is 32.0. The third-order valence-corrected chi connectivity index (χ3v) is 6.44. The van der Waals surface area contributed by atoms with Crippen LogP contribution in [0.5, 0.6) is 0 Å². The smallest absolute Gasteiger partial charge is 0.342 e. The molecule has 2 atom stereocenters. The predicted molar refractivity (Wildman–Crippen MR) is 107 cm³/mol. The van der Waals surface area contributed by atoms with Crippen molar-refractivity contribution in [3.05, 3.63) is 51.7 Å². The van der Waals surface area contributed by atoms with Gasteiger partial charge in [0, 0.05) is 6.42 Å². The first kappa shape index (κ1) is 19.2. The topological polar surface area (TPSA) is 82.6 Å². The van der Waals surface area contributed by atoms with Crippen molar-refractivity contribution in [2.45, 2.75) is 32.9 Å². The van der Waals surface area contributed by atoms with Gasteiger partial charge in [0.25, 0.3) is 11.4 Å². The second-order valence-electron chi connectivity index (χ2n) is 8.41. The molecule has 28 heavy (non-hydrogen) atoms. The first-order chi connectivity index (χ1) is 13.2. The van der Waals surface area contributed by atoms with Crippen molar-refractivity contribution in [3.63, 3.8) is 0 Å². The number of aromatic nitrogens is 1. The van der Waals surface area contributed by atoms with Gasteiger partial charge in [0.2, 0.25) is 0 Å². The van der Waals surface area contributed by atoms with Crippen LogP contribution >= 0.6 is 11.3 Å². The van der Waals surface area contributed by atoms with Crippen LogP contribution in [0, 0.1) is 10.6 Å². The van der Waals surface area contributed by atoms with Crippen LogP contribution in [-0.4, -0.2) is 48.1 Å². The average Bonchev–Trinajstić information content (AvgIpc) is 3.16. The number of Topliss-reactive ketones (excluding diaryl/α,β-unsaturated/α-hetero) is 1. The molecule has 2 heterocycles. The fraction of sp³-hybridized carbons (Fsp3) is 0.450. The molecule has 7 nitrogen and oxygen atoms in total. The third kappa shape index (κ3) is 3.37. The van der Waals surface area contributed by atoms with Gasteiger partial charge in [-0.25, -0.2) is 9.69 Å². The van der Waals surface area contributed by atoms with E-state index in [2.05, 4.69) is 4.98 Å². The Morgan fingerprint density at radius 1 is 1.32 bits per heavy atom. The largest absolute Gasteiger partial charge is 0.622 e. The minimum atomic E-state index is -0.923. The quantitative estimate of drug-likeness (QED) is 0.446. The van der Waals surface area contributed by atoms with Crippen LogP contribution in [-0.2, 0) is 11.2 Å². The molecule has 0 amide bonds. The molecular formula is C20H23N3O4S. The summed E-state index contributed by atoms with van der Waals surface area (Å²) in [6.45, 7) is 4.49. The number of quaternary nitrogens is 1. The highest BCUT2D eigenvalue weighted by atomic mass is 32.1. The van der Waals surface area contributed by atoms with E-state index in [1.165, 1.54) is 0 Å². The predicted octanol–water partition coefficient (Wildman–Crippen LogP) is 3.19. The molecule has 1 aliphatic heterocycles. The third-order valence-electron chi connectivity index (χ3n) is 5.19. The Morgan fingerprint density at radius 3 is 2.75 bits per heavy atom. The lowest BCUT2D eigenvalue weighted by Gasteiger charge is -2.38. The highest BCUT2D eigenvalue weighted by Crippen LogP contribution is 2.42. The van der Waals surface area contributed by atoms with E-state index < -0.39 is 16.8 Å². The van der Waals surface area contributed by atoms with Crippen LogP contribution < -0.4 is 4.65 Å². The second-order valence-corrected chi connectivity index (χ2v) is 9.39. The van der Waals surface area contributed by atoms with Gasteiger partial charge in [0.05, 0.1) is 22.7 Å². The molecule has 1 aromatic heterocycles. The summed E-state index contributed by atoms with van der Waals surface area (Å²) in [7, 11) is 1.81. The molecule has 1 aromatic carbocycles. The van der Waals surface area contributed by atoms with Gasteiger partial charge in [0.1, 0.15) is 6.67 Å². The van der Waals surface area contributed by atoms with Crippen LogP contribution in [0.25, 0.3) is 0 Å². The minimum absolute atomic E-state index is 0.0342. The van der Waals surface area contributed by atoms with E-state index in [4.69, 9.17) is 4.74 Å². The maximum atomic E-state index is 13.8. The number of hydrogen-bond acceptors (Lipinski definition) is 7. The zero-order valence-corrected chi connectivity index (χ0v) is 17.0. The van der Waals surface area contributed by atoms with Crippen molar-refractivity contribution in [1.82, 2.24) is 14.5 Å². The summed E-state index contributed by atoms with van der Waals surface area (Å²) < 4.78 is 4.72. The Labute approximate surface area is 167 Å². The minimum Gasteiger partial charge on any atom is -0.622 e. The zero-order chi connectivity index (χ0) is 20.1. The Hall–Kier alpha value is -2.13. The monoisotopic (exact) mass is 401 g/mol. The van der Waals surface area contributed by atoms with Crippen molar-refractivity contribution in [1.29, 1.82) is 0 Å². The Kier molecular flexibility index (Phi) is 4.62. The first-order valence-corrected chi connectivity index (χ1v) is 10.1. The number of ketones is 1. The Balaban J connectivity index is 1.64. The van der Waals surface area contributed by atoms with Crippen molar-refractivity contribution in [3.8, 4) is 0 Å². The van der Waals surface area contributed by atoms with Crippen LogP contribution in [0.3, 0.4) is 0 Å². The number of hydroxylamine groups is 2. The number of rotatable bonds is 3. The summed E-state index contributed by atoms with van der Waals surface area (Å²) in [6, 6.07) is 8.62. The van der Waals surface area contributed by atoms with Gasteiger partial charge in [-0.2, -0.15) is 4.98 Å². The van der Waals surface area contributed by atoms with Crippen LogP contribution in [0.15, 0.2) is 30.3 Å². The van der Waals surface area contributed by atoms with Crippen molar-refractivity contribution < 1.29 is 14.3 Å². The lowest BCUT2D eigenvalue weighted by Crippen LogP contribution is -2.50.